The molecule has 0 aromatic rings. The zero-order chi connectivity index (χ0) is 7.56. The number of hydrogen-bond donors (Lipinski definition) is 0. The van der Waals surface area contributed by atoms with Crippen LogP contribution in [0.3, 0.4) is 0 Å². The predicted octanol–water partition coefficient (Wildman–Crippen LogP) is 3.46. The van der Waals surface area contributed by atoms with Crippen molar-refractivity contribution in [3.8, 4) is 0 Å². The van der Waals surface area contributed by atoms with Gasteiger partial charge in [-0.15, -0.1) is 0 Å². The van der Waals surface area contributed by atoms with Crippen molar-refractivity contribution in [1.82, 2.24) is 0 Å². The van der Waals surface area contributed by atoms with E-state index in [0.717, 1.165) is 19.3 Å². The molecule has 1 radical (unpaired) electrons. The van der Waals surface area contributed by atoms with Crippen molar-refractivity contribution in [1.29, 1.82) is 0 Å². The molecule has 0 aromatic carbocycles. The van der Waals surface area contributed by atoms with E-state index in [4.69, 9.17) is 0 Å². The van der Waals surface area contributed by atoms with Crippen molar-refractivity contribution in [2.45, 2.75) is 37.4 Å². The molecule has 0 heterocycles. The Balaban J connectivity index is 1.87. The first kappa shape index (κ1) is 8.51. The summed E-state index contributed by atoms with van der Waals surface area (Å²) in [7, 11) is 0. The van der Waals surface area contributed by atoms with E-state index >= 15 is 0 Å². The molecule has 0 bridgehead atoms. The first-order valence-corrected chi connectivity index (χ1v) is 4.77. The highest BCUT2D eigenvalue weighted by atomic mass is 79.9. The first-order chi connectivity index (χ1) is 4.70. The minimum Gasteiger partial charge on any atom is -0.240 e. The van der Waals surface area contributed by atoms with Gasteiger partial charge in [0.25, 0.3) is 0 Å². The van der Waals surface area contributed by atoms with Gasteiger partial charge < -0.3 is 0 Å². The van der Waals surface area contributed by atoms with Crippen LogP contribution < -0.4 is 0 Å². The van der Waals surface area contributed by atoms with E-state index in [9.17, 15) is 4.39 Å². The summed E-state index contributed by atoms with van der Waals surface area (Å²) in [4.78, 5) is 0.592. The van der Waals surface area contributed by atoms with Crippen LogP contribution in [-0.4, -0.2) is 4.83 Å². The van der Waals surface area contributed by atoms with Crippen molar-refractivity contribution >= 4 is 15.9 Å². The summed E-state index contributed by atoms with van der Waals surface area (Å²) in [5, 5.41) is 0. The molecule has 0 aromatic heterocycles. The van der Waals surface area contributed by atoms with E-state index in [1.54, 1.807) is 0 Å². The van der Waals surface area contributed by atoms with Crippen LogP contribution in [0.25, 0.3) is 0 Å². The Morgan fingerprint density at radius 2 is 2.40 bits per heavy atom. The summed E-state index contributed by atoms with van der Waals surface area (Å²) >= 11 is 3.46. The van der Waals surface area contributed by atoms with Crippen LogP contribution in [0, 0.1) is 12.1 Å². The van der Waals surface area contributed by atoms with Crippen molar-refractivity contribution in [2.75, 3.05) is 0 Å². The highest BCUT2D eigenvalue weighted by Crippen LogP contribution is 2.45. The van der Waals surface area contributed by atoms with Crippen LogP contribution in [0.15, 0.2) is 0 Å². The minimum absolute atomic E-state index is 0.224. The second-order valence-electron chi connectivity index (χ2n) is 3.06. The lowest BCUT2D eigenvalue weighted by Crippen LogP contribution is -1.89. The average molecular weight is 208 g/mol. The third-order valence-electron chi connectivity index (χ3n) is 1.88. The molecule has 0 amide bonds. The normalized spacial score (nSPS) is 28.5. The Hall–Kier alpha value is 0.410. The highest BCUT2D eigenvalue weighted by molar-refractivity contribution is 9.09. The lowest BCUT2D eigenvalue weighted by Gasteiger charge is -2.00. The Labute approximate surface area is 70.3 Å². The largest absolute Gasteiger partial charge is 0.240 e. The number of rotatable bonds is 4. The molecule has 0 N–H and O–H groups in total. The SMILES string of the molecule is CC(Br)CCCC1C[C]1F. The Kier molecular flexibility index (Phi) is 3.15. The van der Waals surface area contributed by atoms with Gasteiger partial charge in [0.05, 0.1) is 0 Å². The maximum atomic E-state index is 12.2. The smallest absolute Gasteiger partial charge is 0.148 e. The minimum atomic E-state index is 0.224. The lowest BCUT2D eigenvalue weighted by molar-refractivity contribution is 0.534. The maximum absolute atomic E-state index is 12.2. The molecule has 2 heteroatoms. The molecular formula is C8H13BrF. The molecule has 10 heavy (non-hydrogen) atoms. The fourth-order valence-corrected chi connectivity index (χ4v) is 1.40. The van der Waals surface area contributed by atoms with Crippen molar-refractivity contribution < 1.29 is 4.39 Å². The van der Waals surface area contributed by atoms with Gasteiger partial charge in [-0.1, -0.05) is 29.3 Å². The van der Waals surface area contributed by atoms with Gasteiger partial charge in [-0.05, 0) is 25.2 Å². The molecule has 1 fully saturated rings. The van der Waals surface area contributed by atoms with E-state index in [0.29, 0.717) is 10.7 Å². The van der Waals surface area contributed by atoms with Crippen LogP contribution >= 0.6 is 15.9 Å². The van der Waals surface area contributed by atoms with E-state index in [2.05, 4.69) is 22.9 Å². The van der Waals surface area contributed by atoms with Crippen molar-refractivity contribution in [2.24, 2.45) is 5.92 Å². The van der Waals surface area contributed by atoms with Gasteiger partial charge in [-0.2, -0.15) is 0 Å². The van der Waals surface area contributed by atoms with E-state index < -0.39 is 0 Å². The predicted molar refractivity (Wildman–Crippen MR) is 44.7 cm³/mol. The van der Waals surface area contributed by atoms with Gasteiger partial charge in [-0.25, -0.2) is 4.39 Å². The van der Waals surface area contributed by atoms with Crippen molar-refractivity contribution in [3.63, 3.8) is 0 Å². The summed E-state index contributed by atoms with van der Waals surface area (Å²) < 4.78 is 12.2. The zero-order valence-corrected chi connectivity index (χ0v) is 7.83. The van der Waals surface area contributed by atoms with Crippen LogP contribution in [0.4, 0.5) is 4.39 Å². The third-order valence-corrected chi connectivity index (χ3v) is 2.34. The second kappa shape index (κ2) is 3.70. The topological polar surface area (TPSA) is 0 Å². The maximum Gasteiger partial charge on any atom is 0.148 e. The molecule has 0 spiro atoms. The fourth-order valence-electron chi connectivity index (χ4n) is 1.08. The van der Waals surface area contributed by atoms with Crippen LogP contribution in [0.1, 0.15) is 32.6 Å². The van der Waals surface area contributed by atoms with E-state index in [1.807, 2.05) is 0 Å². The summed E-state index contributed by atoms with van der Waals surface area (Å²) in [6.45, 7) is 2.13. The first-order valence-electron chi connectivity index (χ1n) is 3.85. The monoisotopic (exact) mass is 207 g/mol. The van der Waals surface area contributed by atoms with E-state index in [-0.39, 0.29) is 6.17 Å². The molecule has 2 atom stereocenters. The van der Waals surface area contributed by atoms with Gasteiger partial charge in [-0.3, -0.25) is 0 Å². The second-order valence-corrected chi connectivity index (χ2v) is 4.62. The van der Waals surface area contributed by atoms with Gasteiger partial charge in [0.1, 0.15) is 6.17 Å². The lowest BCUT2D eigenvalue weighted by atomic mass is 10.1. The number of alkyl halides is 1. The molecule has 0 aliphatic heterocycles. The average Bonchev–Trinajstić information content (AvgIpc) is 2.46. The molecule has 1 rings (SSSR count). The third kappa shape index (κ3) is 3.00. The van der Waals surface area contributed by atoms with Gasteiger partial charge >= 0.3 is 0 Å². The Morgan fingerprint density at radius 3 is 2.80 bits per heavy atom. The Bertz CT molecular complexity index is 103. The van der Waals surface area contributed by atoms with Crippen LogP contribution in [-0.2, 0) is 0 Å². The zero-order valence-electron chi connectivity index (χ0n) is 6.24. The van der Waals surface area contributed by atoms with Gasteiger partial charge in [0.15, 0.2) is 0 Å². The quantitative estimate of drug-likeness (QED) is 0.620. The van der Waals surface area contributed by atoms with Gasteiger partial charge in [0, 0.05) is 4.83 Å². The number of halogens is 2. The molecular weight excluding hydrogens is 195 g/mol. The summed E-state index contributed by atoms with van der Waals surface area (Å²) in [6, 6.07) is 0. The van der Waals surface area contributed by atoms with E-state index in [1.165, 1.54) is 6.42 Å². The molecule has 1 aliphatic rings. The van der Waals surface area contributed by atoms with Crippen molar-refractivity contribution in [3.05, 3.63) is 6.17 Å². The molecule has 2 unspecified atom stereocenters. The van der Waals surface area contributed by atoms with Crippen LogP contribution in [0.2, 0.25) is 0 Å². The molecule has 0 saturated heterocycles. The fraction of sp³-hybridized carbons (Fsp3) is 0.875. The summed E-state index contributed by atoms with van der Waals surface area (Å²) in [5.74, 6) is 0.339. The Morgan fingerprint density at radius 1 is 1.80 bits per heavy atom. The summed E-state index contributed by atoms with van der Waals surface area (Å²) in [5.41, 5.74) is 0. The van der Waals surface area contributed by atoms with Gasteiger partial charge in [0.2, 0.25) is 0 Å². The highest BCUT2D eigenvalue weighted by Gasteiger charge is 2.37. The molecule has 1 saturated carbocycles. The molecule has 59 valence electrons. The van der Waals surface area contributed by atoms with Crippen LogP contribution in [0.5, 0.6) is 0 Å². The number of hydrogen-bond acceptors (Lipinski definition) is 0. The summed E-state index contributed by atoms with van der Waals surface area (Å²) in [6.07, 6.45) is 4.36. The molecule has 0 nitrogen and oxygen atoms in total. The molecule has 1 aliphatic carbocycles. The standard InChI is InChI=1S/C8H13BrF/c1-6(9)3-2-4-7-5-8(7)10/h6-7H,2-5H2,1H3.